The first kappa shape index (κ1) is 21.8. The molecule has 0 unspecified atom stereocenters. The van der Waals surface area contributed by atoms with Crippen molar-refractivity contribution in [2.45, 2.75) is 18.0 Å². The lowest BCUT2D eigenvalue weighted by Crippen LogP contribution is -2.71. The van der Waals surface area contributed by atoms with Crippen LogP contribution in [0.25, 0.3) is 0 Å². The number of fused-ring (bicyclic) bond motifs is 1. The van der Waals surface area contributed by atoms with E-state index < -0.39 is 29.2 Å². The van der Waals surface area contributed by atoms with E-state index in [9.17, 15) is 19.5 Å². The van der Waals surface area contributed by atoms with Gasteiger partial charge in [-0.05, 0) is 0 Å². The van der Waals surface area contributed by atoms with Crippen LogP contribution in [0, 0.1) is 0 Å². The van der Waals surface area contributed by atoms with Crippen LogP contribution in [0.5, 0.6) is 0 Å². The number of nitrogens with one attached hydrogen (secondary N) is 1. The Hall–Kier alpha value is -3.39. The SMILES string of the molecule is CO/N=C(\C(=O)N[C@@H]1C(=O)N2C(C(=O)[O-])=C(Cn3cc[n+](C)c3)CS[C@H]12)c1csc(N)n1. The van der Waals surface area contributed by atoms with E-state index in [0.29, 0.717) is 17.9 Å². The van der Waals surface area contributed by atoms with Crippen LogP contribution in [-0.2, 0) is 32.8 Å². The lowest BCUT2D eigenvalue weighted by molar-refractivity contribution is -0.671. The second-order valence-electron chi connectivity index (χ2n) is 7.05. The highest BCUT2D eigenvalue weighted by Gasteiger charge is 2.53. The topological polar surface area (TPSA) is 159 Å². The maximum Gasteiger partial charge on any atom is 0.276 e. The van der Waals surface area contributed by atoms with Gasteiger partial charge < -0.3 is 25.8 Å². The van der Waals surface area contributed by atoms with Crippen molar-refractivity contribution in [3.63, 3.8) is 0 Å². The van der Waals surface area contributed by atoms with E-state index in [0.717, 1.165) is 11.3 Å². The fraction of sp³-hybridized carbons (Fsp3) is 0.333. The number of β-lactam (4-membered cyclic amide) rings is 1. The number of thiazole rings is 1. The number of oxime groups is 1. The molecule has 0 bridgehead atoms. The molecule has 2 atom stereocenters. The van der Waals surface area contributed by atoms with E-state index in [2.05, 4.69) is 15.5 Å². The summed E-state index contributed by atoms with van der Waals surface area (Å²) in [5.41, 5.74) is 6.10. The lowest BCUT2D eigenvalue weighted by Gasteiger charge is -2.50. The summed E-state index contributed by atoms with van der Waals surface area (Å²) in [5, 5.41) is 19.4. The number of aryl methyl sites for hydroxylation is 1. The van der Waals surface area contributed by atoms with Gasteiger partial charge in [-0.15, -0.1) is 23.1 Å². The molecule has 3 N–H and O–H groups in total. The van der Waals surface area contributed by atoms with Gasteiger partial charge in [-0.3, -0.25) is 14.5 Å². The van der Waals surface area contributed by atoms with E-state index in [1.807, 2.05) is 22.4 Å². The molecule has 168 valence electrons. The summed E-state index contributed by atoms with van der Waals surface area (Å²) >= 11 is 2.49. The molecule has 32 heavy (non-hydrogen) atoms. The largest absolute Gasteiger partial charge is 0.543 e. The molecule has 0 spiro atoms. The number of hydrogen-bond acceptors (Lipinski definition) is 10. The fourth-order valence-electron chi connectivity index (χ4n) is 3.51. The summed E-state index contributed by atoms with van der Waals surface area (Å²) in [6, 6.07) is -0.925. The van der Waals surface area contributed by atoms with Crippen molar-refractivity contribution in [3.8, 4) is 0 Å². The number of carbonyl (C=O) groups excluding carboxylic acids is 3. The van der Waals surface area contributed by atoms with Crippen LogP contribution in [0.3, 0.4) is 0 Å². The number of anilines is 1. The number of nitrogens with zero attached hydrogens (tertiary/aromatic N) is 5. The number of amides is 2. The third-order valence-electron chi connectivity index (χ3n) is 4.89. The second kappa shape index (κ2) is 8.63. The van der Waals surface area contributed by atoms with Gasteiger partial charge in [0.05, 0.1) is 18.7 Å². The van der Waals surface area contributed by atoms with E-state index in [1.165, 1.54) is 23.8 Å². The molecular formula is C18H19N7O5S2. The molecule has 4 rings (SSSR count). The number of nitrogens with two attached hydrogens (primary N) is 1. The van der Waals surface area contributed by atoms with Crippen molar-refractivity contribution in [2.75, 3.05) is 18.6 Å². The molecule has 0 saturated carbocycles. The van der Waals surface area contributed by atoms with Gasteiger partial charge in [0.2, 0.25) is 6.33 Å². The van der Waals surface area contributed by atoms with Crippen LogP contribution < -0.4 is 20.7 Å². The molecule has 0 radical (unpaired) electrons. The standard InChI is InChI=1S/C18H19N7O5S2/c1-23-3-4-24(8-23)5-9-6-31-16-12(15(27)25(16)13(9)17(28)29)21-14(26)11(22-30-2)10-7-32-18(19)20-10/h3-4,7-8,12,16H,5-6H2,1-2H3,(H3-,19,20,21,26,28,29)/b22-11-/t12-,16-/m1/s1. The van der Waals surface area contributed by atoms with Crippen molar-refractivity contribution in [1.82, 2.24) is 19.8 Å². The van der Waals surface area contributed by atoms with Gasteiger partial charge >= 0.3 is 0 Å². The van der Waals surface area contributed by atoms with Gasteiger partial charge in [0.15, 0.2) is 10.8 Å². The summed E-state index contributed by atoms with van der Waals surface area (Å²) in [7, 11) is 3.13. The van der Waals surface area contributed by atoms with Crippen LogP contribution in [0.2, 0.25) is 0 Å². The number of rotatable bonds is 7. The van der Waals surface area contributed by atoms with Crippen LogP contribution in [0.1, 0.15) is 5.69 Å². The predicted octanol–water partition coefficient (Wildman–Crippen LogP) is -2.19. The van der Waals surface area contributed by atoms with E-state index in [4.69, 9.17) is 10.6 Å². The number of carbonyl (C=O) groups is 3. The first-order chi connectivity index (χ1) is 15.3. The summed E-state index contributed by atoms with van der Waals surface area (Å²) < 4.78 is 3.64. The third-order valence-corrected chi connectivity index (χ3v) is 6.90. The first-order valence-electron chi connectivity index (χ1n) is 9.32. The highest BCUT2D eigenvalue weighted by Crippen LogP contribution is 2.40. The maximum absolute atomic E-state index is 12.8. The molecule has 14 heteroatoms. The molecule has 2 aromatic rings. The van der Waals surface area contributed by atoms with Gasteiger partial charge in [0.1, 0.15) is 43.2 Å². The van der Waals surface area contributed by atoms with Gasteiger partial charge in [0.25, 0.3) is 11.8 Å². The van der Waals surface area contributed by atoms with Crippen LogP contribution in [0.15, 0.2) is 40.5 Å². The number of aromatic nitrogens is 3. The lowest BCUT2D eigenvalue weighted by atomic mass is 10.0. The van der Waals surface area contributed by atoms with E-state index in [1.54, 1.807) is 17.9 Å². The fourth-order valence-corrected chi connectivity index (χ4v) is 5.39. The smallest absolute Gasteiger partial charge is 0.276 e. The minimum absolute atomic E-state index is 0.135. The zero-order valence-corrected chi connectivity index (χ0v) is 18.7. The van der Waals surface area contributed by atoms with Gasteiger partial charge in [0, 0.05) is 16.7 Å². The number of carboxylic acids is 1. The minimum atomic E-state index is -1.43. The Balaban J connectivity index is 1.53. The average molecular weight is 478 g/mol. The minimum Gasteiger partial charge on any atom is -0.543 e. The zero-order chi connectivity index (χ0) is 23.0. The number of carboxylic acid groups (broad SMARTS) is 1. The predicted molar refractivity (Wildman–Crippen MR) is 113 cm³/mol. The molecule has 1 saturated heterocycles. The molecule has 2 aromatic heterocycles. The Labute approximate surface area is 190 Å². The van der Waals surface area contributed by atoms with E-state index in [-0.39, 0.29) is 22.2 Å². The van der Waals surface area contributed by atoms with Crippen molar-refractivity contribution < 1.29 is 28.9 Å². The average Bonchev–Trinajstić information content (AvgIpc) is 3.37. The third kappa shape index (κ3) is 3.93. The van der Waals surface area contributed by atoms with Gasteiger partial charge in [-0.1, -0.05) is 5.16 Å². The Morgan fingerprint density at radius 3 is 2.88 bits per heavy atom. The molecule has 1 fully saturated rings. The molecule has 12 nitrogen and oxygen atoms in total. The van der Waals surface area contributed by atoms with Crippen LogP contribution in [-0.4, -0.2) is 62.2 Å². The Bertz CT molecular complexity index is 1150. The van der Waals surface area contributed by atoms with Crippen LogP contribution in [0.4, 0.5) is 5.13 Å². The molecule has 0 aliphatic carbocycles. The summed E-state index contributed by atoms with van der Waals surface area (Å²) in [6.45, 7) is 0.306. The second-order valence-corrected chi connectivity index (χ2v) is 9.04. The summed E-state index contributed by atoms with van der Waals surface area (Å²) in [4.78, 5) is 47.4. The molecule has 4 heterocycles. The van der Waals surface area contributed by atoms with Gasteiger partial charge in [-0.25, -0.2) is 14.1 Å². The highest BCUT2D eigenvalue weighted by molar-refractivity contribution is 8.00. The Kier molecular flexibility index (Phi) is 5.88. The normalized spacial score (nSPS) is 20.6. The molecule has 2 amide bonds. The highest BCUT2D eigenvalue weighted by atomic mass is 32.2. The number of hydrogen-bond donors (Lipinski definition) is 2. The van der Waals surface area contributed by atoms with Crippen molar-refractivity contribution in [3.05, 3.63) is 41.1 Å². The van der Waals surface area contributed by atoms with Crippen molar-refractivity contribution in [1.29, 1.82) is 0 Å². The molecule has 2 aliphatic rings. The maximum atomic E-state index is 12.8. The van der Waals surface area contributed by atoms with Gasteiger partial charge in [-0.2, -0.15) is 0 Å². The van der Waals surface area contributed by atoms with Crippen molar-refractivity contribution >= 4 is 51.7 Å². The monoisotopic (exact) mass is 477 g/mol. The van der Waals surface area contributed by atoms with Crippen molar-refractivity contribution in [2.24, 2.45) is 12.2 Å². The molecule has 0 aromatic carbocycles. The molecular weight excluding hydrogens is 458 g/mol. The summed E-state index contributed by atoms with van der Waals surface area (Å²) in [6.07, 6.45) is 5.44. The number of aliphatic carboxylic acids is 1. The number of thioether (sulfide) groups is 1. The number of imidazole rings is 1. The summed E-state index contributed by atoms with van der Waals surface area (Å²) in [5.74, 6) is -2.28. The zero-order valence-electron chi connectivity index (χ0n) is 17.0. The molecule has 2 aliphatic heterocycles. The first-order valence-corrected chi connectivity index (χ1v) is 11.3. The number of nitrogen functional groups attached to an aromatic ring is 1. The Morgan fingerprint density at radius 2 is 2.28 bits per heavy atom. The van der Waals surface area contributed by atoms with Crippen LogP contribution >= 0.6 is 23.1 Å². The van der Waals surface area contributed by atoms with E-state index >= 15 is 0 Å². The quantitative estimate of drug-likeness (QED) is 0.197. The Morgan fingerprint density at radius 1 is 1.50 bits per heavy atom.